The summed E-state index contributed by atoms with van der Waals surface area (Å²) in [6.07, 6.45) is 0.0304. The van der Waals surface area contributed by atoms with Crippen LogP contribution in [0, 0.1) is 5.92 Å². The highest BCUT2D eigenvalue weighted by Gasteiger charge is 2.42. The number of primary amides is 1. The molecule has 0 aromatic rings. The molecule has 0 aliphatic carbocycles. The quantitative estimate of drug-likeness (QED) is 0.682. The van der Waals surface area contributed by atoms with Gasteiger partial charge >= 0.3 is 5.97 Å². The minimum atomic E-state index is -0.981. The molecule has 1 aliphatic rings. The average molecular weight is 228 g/mol. The fourth-order valence-electron chi connectivity index (χ4n) is 1.98. The van der Waals surface area contributed by atoms with Gasteiger partial charge in [-0.05, 0) is 13.8 Å². The Balaban J connectivity index is 2.78. The van der Waals surface area contributed by atoms with Crippen molar-refractivity contribution in [3.8, 4) is 0 Å². The Kier molecular flexibility index (Phi) is 3.21. The number of carboxylic acids is 1. The Bertz CT molecular complexity index is 338. The second-order valence-electron chi connectivity index (χ2n) is 4.70. The third kappa shape index (κ3) is 2.50. The number of rotatable bonds is 4. The molecule has 90 valence electrons. The number of aliphatic carboxylic acids is 1. The molecule has 0 saturated carbocycles. The number of hydrogen-bond donors (Lipinski definition) is 2. The summed E-state index contributed by atoms with van der Waals surface area (Å²) in [6, 6.07) is 0. The maximum absolute atomic E-state index is 11.6. The zero-order valence-electron chi connectivity index (χ0n) is 9.40. The number of likely N-dealkylation sites (tertiary alicyclic amines) is 1. The average Bonchev–Trinajstić information content (AvgIpc) is 2.45. The van der Waals surface area contributed by atoms with E-state index < -0.39 is 23.3 Å². The van der Waals surface area contributed by atoms with Gasteiger partial charge in [-0.15, -0.1) is 0 Å². The zero-order chi connectivity index (χ0) is 12.5. The molecule has 3 N–H and O–H groups in total. The van der Waals surface area contributed by atoms with Crippen molar-refractivity contribution in [2.45, 2.75) is 32.2 Å². The van der Waals surface area contributed by atoms with Crippen LogP contribution < -0.4 is 5.73 Å². The molecule has 1 rings (SSSR count). The predicted octanol–water partition coefficient (Wildman–Crippen LogP) is -0.426. The maximum atomic E-state index is 11.6. The number of nitrogens with zero attached hydrogens (tertiary/aromatic N) is 1. The lowest BCUT2D eigenvalue weighted by Gasteiger charge is -2.34. The highest BCUT2D eigenvalue weighted by Crippen LogP contribution is 2.28. The first-order chi connectivity index (χ1) is 7.24. The van der Waals surface area contributed by atoms with E-state index in [0.717, 1.165) is 0 Å². The van der Waals surface area contributed by atoms with E-state index in [2.05, 4.69) is 0 Å². The van der Waals surface area contributed by atoms with Crippen molar-refractivity contribution < 1.29 is 19.5 Å². The normalized spacial score (nSPS) is 21.2. The van der Waals surface area contributed by atoms with Crippen molar-refractivity contribution in [2.75, 3.05) is 6.54 Å². The van der Waals surface area contributed by atoms with Crippen LogP contribution in [0.1, 0.15) is 26.7 Å². The fraction of sp³-hybridized carbons (Fsp3) is 0.700. The molecule has 6 heteroatoms. The molecule has 0 aromatic heterocycles. The molecule has 1 fully saturated rings. The summed E-state index contributed by atoms with van der Waals surface area (Å²) in [5.41, 5.74) is 4.38. The van der Waals surface area contributed by atoms with E-state index in [1.54, 1.807) is 13.8 Å². The largest absolute Gasteiger partial charge is 0.481 e. The lowest BCUT2D eigenvalue weighted by atomic mass is 9.98. The Morgan fingerprint density at radius 2 is 2.12 bits per heavy atom. The number of carbonyl (C=O) groups excluding carboxylic acids is 2. The molecular weight excluding hydrogens is 212 g/mol. The Hall–Kier alpha value is -1.59. The molecule has 0 aromatic carbocycles. The van der Waals surface area contributed by atoms with E-state index >= 15 is 0 Å². The molecule has 1 saturated heterocycles. The van der Waals surface area contributed by atoms with Gasteiger partial charge in [0.25, 0.3) is 0 Å². The fourth-order valence-corrected chi connectivity index (χ4v) is 1.98. The van der Waals surface area contributed by atoms with E-state index in [0.29, 0.717) is 0 Å². The van der Waals surface area contributed by atoms with Gasteiger partial charge in [-0.1, -0.05) is 0 Å². The number of nitrogens with two attached hydrogens (primary N) is 1. The van der Waals surface area contributed by atoms with Crippen LogP contribution >= 0.6 is 0 Å². The van der Waals surface area contributed by atoms with Gasteiger partial charge < -0.3 is 15.7 Å². The molecule has 1 atom stereocenters. The van der Waals surface area contributed by atoms with E-state index in [1.165, 1.54) is 4.90 Å². The van der Waals surface area contributed by atoms with Crippen LogP contribution in [0.2, 0.25) is 0 Å². The molecule has 1 heterocycles. The number of carboxylic acid groups (broad SMARTS) is 1. The summed E-state index contributed by atoms with van der Waals surface area (Å²) < 4.78 is 0. The molecule has 1 unspecified atom stereocenters. The number of carbonyl (C=O) groups is 3. The number of amides is 2. The Morgan fingerprint density at radius 1 is 1.56 bits per heavy atom. The summed E-state index contributed by atoms with van der Waals surface area (Å²) in [4.78, 5) is 34.7. The Morgan fingerprint density at radius 3 is 2.50 bits per heavy atom. The van der Waals surface area contributed by atoms with Crippen molar-refractivity contribution >= 4 is 17.8 Å². The minimum Gasteiger partial charge on any atom is -0.481 e. The van der Waals surface area contributed by atoms with Crippen molar-refractivity contribution in [1.82, 2.24) is 4.90 Å². The monoisotopic (exact) mass is 228 g/mol. The summed E-state index contributed by atoms with van der Waals surface area (Å²) in [5.74, 6) is -2.40. The van der Waals surface area contributed by atoms with Crippen molar-refractivity contribution in [2.24, 2.45) is 11.7 Å². The van der Waals surface area contributed by atoms with Gasteiger partial charge in [-0.3, -0.25) is 14.4 Å². The van der Waals surface area contributed by atoms with E-state index in [-0.39, 0.29) is 25.3 Å². The van der Waals surface area contributed by atoms with Crippen molar-refractivity contribution in [1.29, 1.82) is 0 Å². The van der Waals surface area contributed by atoms with E-state index in [4.69, 9.17) is 10.8 Å². The van der Waals surface area contributed by atoms with Crippen LogP contribution in [0.5, 0.6) is 0 Å². The first-order valence-corrected chi connectivity index (χ1v) is 5.05. The van der Waals surface area contributed by atoms with Crippen LogP contribution in [0.15, 0.2) is 0 Å². The van der Waals surface area contributed by atoms with Crippen molar-refractivity contribution in [3.05, 3.63) is 0 Å². The van der Waals surface area contributed by atoms with Gasteiger partial charge in [0.15, 0.2) is 0 Å². The van der Waals surface area contributed by atoms with Crippen molar-refractivity contribution in [3.63, 3.8) is 0 Å². The summed E-state index contributed by atoms with van der Waals surface area (Å²) in [5, 5.41) is 8.83. The van der Waals surface area contributed by atoms with Crippen LogP contribution in [-0.4, -0.2) is 39.9 Å². The van der Waals surface area contributed by atoms with Gasteiger partial charge in [0, 0.05) is 24.9 Å². The lowest BCUT2D eigenvalue weighted by Crippen LogP contribution is -2.47. The summed E-state index contributed by atoms with van der Waals surface area (Å²) >= 11 is 0. The predicted molar refractivity (Wildman–Crippen MR) is 55.3 cm³/mol. The van der Waals surface area contributed by atoms with E-state index in [1.807, 2.05) is 0 Å². The first kappa shape index (κ1) is 12.5. The molecular formula is C10H16N2O4. The van der Waals surface area contributed by atoms with Crippen LogP contribution in [0.4, 0.5) is 0 Å². The first-order valence-electron chi connectivity index (χ1n) is 5.05. The molecule has 0 bridgehead atoms. The third-order valence-electron chi connectivity index (χ3n) is 2.81. The van der Waals surface area contributed by atoms with Crippen LogP contribution in [0.3, 0.4) is 0 Å². The number of hydrogen-bond acceptors (Lipinski definition) is 3. The van der Waals surface area contributed by atoms with Gasteiger partial charge in [-0.25, -0.2) is 0 Å². The molecule has 1 aliphatic heterocycles. The lowest BCUT2D eigenvalue weighted by molar-refractivity contribution is -0.141. The van der Waals surface area contributed by atoms with Gasteiger partial charge in [0.1, 0.15) is 0 Å². The summed E-state index contributed by atoms with van der Waals surface area (Å²) in [6.45, 7) is 3.56. The smallest absolute Gasteiger partial charge is 0.308 e. The maximum Gasteiger partial charge on any atom is 0.308 e. The van der Waals surface area contributed by atoms with Gasteiger partial charge in [0.2, 0.25) is 11.8 Å². The molecule has 0 spiro atoms. The summed E-state index contributed by atoms with van der Waals surface area (Å²) in [7, 11) is 0. The van der Waals surface area contributed by atoms with Crippen LogP contribution in [-0.2, 0) is 14.4 Å². The topological polar surface area (TPSA) is 101 Å². The SMILES string of the molecule is CC(C)(CC(N)=O)N1CC(C(=O)O)CC1=O. The molecule has 0 radical (unpaired) electrons. The van der Waals surface area contributed by atoms with Crippen LogP contribution in [0.25, 0.3) is 0 Å². The minimum absolute atomic E-state index is 0.00246. The molecule has 16 heavy (non-hydrogen) atoms. The second kappa shape index (κ2) is 4.11. The molecule has 6 nitrogen and oxygen atoms in total. The third-order valence-corrected chi connectivity index (χ3v) is 2.81. The van der Waals surface area contributed by atoms with Gasteiger partial charge in [0.05, 0.1) is 5.92 Å². The zero-order valence-corrected chi connectivity index (χ0v) is 9.40. The van der Waals surface area contributed by atoms with Gasteiger partial charge in [-0.2, -0.15) is 0 Å². The second-order valence-corrected chi connectivity index (χ2v) is 4.70. The molecule has 2 amide bonds. The Labute approximate surface area is 93.4 Å². The van der Waals surface area contributed by atoms with E-state index in [9.17, 15) is 14.4 Å². The highest BCUT2D eigenvalue weighted by molar-refractivity contribution is 5.87. The highest BCUT2D eigenvalue weighted by atomic mass is 16.4. The standard InChI is InChI=1S/C10H16N2O4/c1-10(2,4-7(11)13)12-5-6(9(15)16)3-8(12)14/h6H,3-5H2,1-2H3,(H2,11,13)(H,15,16).